The minimum absolute atomic E-state index is 0.768. The minimum atomic E-state index is -0.808. The van der Waals surface area contributed by atoms with Crippen LogP contribution in [0.1, 0.15) is 17.2 Å². The average molecular weight is 241 g/mol. The molecule has 0 bridgehead atoms. The third-order valence-electron chi connectivity index (χ3n) is 2.16. The molecule has 2 rings (SSSR count). The Kier molecular flexibility index (Phi) is 2.24. The van der Waals surface area contributed by atoms with E-state index in [2.05, 4.69) is 15.9 Å². The predicted octanol–water partition coefficient (Wildman–Crippen LogP) is 1.87. The standard InChI is InChI=1S/C10H9BrO2/c11-7-3-1-6-2-4-9(12)10(13)8(6)5-7/h1-5,9-10,12-13H/t9-,10+/m0/s1. The van der Waals surface area contributed by atoms with Crippen LogP contribution in [-0.2, 0) is 0 Å². The Labute approximate surface area is 84.7 Å². The third kappa shape index (κ3) is 1.55. The van der Waals surface area contributed by atoms with Crippen molar-refractivity contribution in [2.24, 2.45) is 0 Å². The molecule has 0 radical (unpaired) electrons. The summed E-state index contributed by atoms with van der Waals surface area (Å²) in [6.45, 7) is 0. The first-order chi connectivity index (χ1) is 6.18. The molecule has 0 aliphatic heterocycles. The van der Waals surface area contributed by atoms with Gasteiger partial charge in [0.1, 0.15) is 12.2 Å². The predicted molar refractivity (Wildman–Crippen MR) is 54.1 cm³/mol. The number of halogens is 1. The minimum Gasteiger partial charge on any atom is -0.386 e. The van der Waals surface area contributed by atoms with Gasteiger partial charge in [-0.05, 0) is 23.3 Å². The number of fused-ring (bicyclic) bond motifs is 1. The van der Waals surface area contributed by atoms with Gasteiger partial charge in [0.25, 0.3) is 0 Å². The molecule has 2 nitrogen and oxygen atoms in total. The van der Waals surface area contributed by atoms with Crippen LogP contribution in [0.3, 0.4) is 0 Å². The van der Waals surface area contributed by atoms with Crippen LogP contribution in [0.5, 0.6) is 0 Å². The van der Waals surface area contributed by atoms with E-state index in [0.717, 1.165) is 15.6 Å². The first-order valence-electron chi connectivity index (χ1n) is 4.02. The van der Waals surface area contributed by atoms with Crippen LogP contribution in [0, 0.1) is 0 Å². The zero-order valence-corrected chi connectivity index (χ0v) is 8.40. The Balaban J connectivity index is 2.54. The summed E-state index contributed by atoms with van der Waals surface area (Å²) in [5, 5.41) is 19.0. The van der Waals surface area contributed by atoms with Crippen molar-refractivity contribution in [2.45, 2.75) is 12.2 Å². The van der Waals surface area contributed by atoms with Crippen LogP contribution >= 0.6 is 15.9 Å². The quantitative estimate of drug-likeness (QED) is 0.727. The first kappa shape index (κ1) is 8.94. The molecule has 2 N–H and O–H groups in total. The van der Waals surface area contributed by atoms with E-state index in [0.29, 0.717) is 0 Å². The molecule has 0 heterocycles. The lowest BCUT2D eigenvalue weighted by molar-refractivity contribution is 0.0470. The number of aliphatic hydroxyl groups is 2. The molecule has 1 aliphatic rings. The molecule has 0 fully saturated rings. The van der Waals surface area contributed by atoms with Crippen molar-refractivity contribution in [3.63, 3.8) is 0 Å². The molecule has 0 aromatic heterocycles. The normalized spacial score (nSPS) is 25.8. The van der Waals surface area contributed by atoms with Crippen molar-refractivity contribution < 1.29 is 10.2 Å². The molecule has 3 heteroatoms. The number of benzene rings is 1. The summed E-state index contributed by atoms with van der Waals surface area (Å²) in [5.74, 6) is 0. The zero-order valence-electron chi connectivity index (χ0n) is 6.81. The maximum absolute atomic E-state index is 9.63. The van der Waals surface area contributed by atoms with E-state index < -0.39 is 12.2 Å². The molecule has 0 spiro atoms. The van der Waals surface area contributed by atoms with Crippen molar-refractivity contribution in [1.29, 1.82) is 0 Å². The Hall–Kier alpha value is -0.640. The highest BCUT2D eigenvalue weighted by atomic mass is 79.9. The van der Waals surface area contributed by atoms with Gasteiger partial charge >= 0.3 is 0 Å². The maximum Gasteiger partial charge on any atom is 0.109 e. The molecule has 68 valence electrons. The monoisotopic (exact) mass is 240 g/mol. The van der Waals surface area contributed by atoms with Crippen molar-refractivity contribution >= 4 is 22.0 Å². The number of hydrogen-bond donors (Lipinski definition) is 2. The van der Waals surface area contributed by atoms with Gasteiger partial charge in [-0.15, -0.1) is 0 Å². The lowest BCUT2D eigenvalue weighted by Crippen LogP contribution is -2.19. The molecule has 13 heavy (non-hydrogen) atoms. The van der Waals surface area contributed by atoms with Crippen LogP contribution in [-0.4, -0.2) is 16.3 Å². The Bertz CT molecular complexity index is 360. The summed E-state index contributed by atoms with van der Waals surface area (Å²) in [6.07, 6.45) is 1.82. The molecule has 2 atom stereocenters. The largest absolute Gasteiger partial charge is 0.386 e. The molecule has 1 aliphatic carbocycles. The lowest BCUT2D eigenvalue weighted by Gasteiger charge is -2.21. The third-order valence-corrected chi connectivity index (χ3v) is 2.66. The fourth-order valence-corrected chi connectivity index (χ4v) is 1.82. The highest BCUT2D eigenvalue weighted by Crippen LogP contribution is 2.30. The molecule has 1 aromatic carbocycles. The van der Waals surface area contributed by atoms with E-state index >= 15 is 0 Å². The van der Waals surface area contributed by atoms with Crippen LogP contribution in [0.15, 0.2) is 28.7 Å². The molecular formula is C10H9BrO2. The number of hydrogen-bond acceptors (Lipinski definition) is 2. The summed E-state index contributed by atoms with van der Waals surface area (Å²) in [5.41, 5.74) is 1.73. The van der Waals surface area contributed by atoms with Crippen molar-refractivity contribution in [3.8, 4) is 0 Å². The molecular weight excluding hydrogens is 232 g/mol. The Morgan fingerprint density at radius 2 is 2.00 bits per heavy atom. The summed E-state index contributed by atoms with van der Waals surface area (Å²) >= 11 is 3.32. The first-order valence-corrected chi connectivity index (χ1v) is 4.81. The molecule has 0 saturated heterocycles. The Morgan fingerprint density at radius 3 is 2.77 bits per heavy atom. The summed E-state index contributed by atoms with van der Waals surface area (Å²) in [7, 11) is 0. The van der Waals surface area contributed by atoms with Crippen LogP contribution in [0.2, 0.25) is 0 Å². The van der Waals surface area contributed by atoms with Gasteiger partial charge in [0.2, 0.25) is 0 Å². The average Bonchev–Trinajstić information content (AvgIpc) is 2.12. The van der Waals surface area contributed by atoms with Gasteiger partial charge in [0.05, 0.1) is 0 Å². The van der Waals surface area contributed by atoms with Crippen molar-refractivity contribution in [2.75, 3.05) is 0 Å². The smallest absolute Gasteiger partial charge is 0.109 e. The van der Waals surface area contributed by atoms with Crippen LogP contribution < -0.4 is 0 Å². The number of aliphatic hydroxyl groups excluding tert-OH is 2. The van der Waals surface area contributed by atoms with Gasteiger partial charge in [-0.25, -0.2) is 0 Å². The van der Waals surface area contributed by atoms with Crippen LogP contribution in [0.4, 0.5) is 0 Å². The van der Waals surface area contributed by atoms with E-state index in [1.54, 1.807) is 6.08 Å². The SMILES string of the molecule is O[C@@H]1c2cc(Br)ccc2C=C[C@@H]1O. The summed E-state index contributed by atoms with van der Waals surface area (Å²) in [6, 6.07) is 5.64. The molecule has 0 saturated carbocycles. The second kappa shape index (κ2) is 3.25. The van der Waals surface area contributed by atoms with Crippen molar-refractivity contribution in [3.05, 3.63) is 39.9 Å². The van der Waals surface area contributed by atoms with E-state index in [9.17, 15) is 10.2 Å². The molecule has 0 unspecified atom stereocenters. The second-order valence-corrected chi connectivity index (χ2v) is 3.98. The van der Waals surface area contributed by atoms with Gasteiger partial charge in [-0.3, -0.25) is 0 Å². The Morgan fingerprint density at radius 1 is 1.23 bits per heavy atom. The van der Waals surface area contributed by atoms with Gasteiger partial charge < -0.3 is 10.2 Å². The summed E-state index contributed by atoms with van der Waals surface area (Å²) in [4.78, 5) is 0. The fraction of sp³-hybridized carbons (Fsp3) is 0.200. The van der Waals surface area contributed by atoms with E-state index in [1.165, 1.54) is 0 Å². The van der Waals surface area contributed by atoms with Crippen molar-refractivity contribution in [1.82, 2.24) is 0 Å². The maximum atomic E-state index is 9.63. The van der Waals surface area contributed by atoms with Gasteiger partial charge in [0.15, 0.2) is 0 Å². The molecule has 1 aromatic rings. The molecule has 0 amide bonds. The van der Waals surface area contributed by atoms with Gasteiger partial charge in [-0.2, -0.15) is 0 Å². The topological polar surface area (TPSA) is 40.5 Å². The van der Waals surface area contributed by atoms with E-state index in [4.69, 9.17) is 0 Å². The van der Waals surface area contributed by atoms with E-state index in [-0.39, 0.29) is 0 Å². The van der Waals surface area contributed by atoms with Crippen LogP contribution in [0.25, 0.3) is 6.08 Å². The number of rotatable bonds is 0. The fourth-order valence-electron chi connectivity index (χ4n) is 1.45. The van der Waals surface area contributed by atoms with Gasteiger partial charge in [-0.1, -0.05) is 34.1 Å². The zero-order chi connectivity index (χ0) is 9.42. The lowest BCUT2D eigenvalue weighted by atomic mass is 9.93. The highest BCUT2D eigenvalue weighted by molar-refractivity contribution is 9.10. The van der Waals surface area contributed by atoms with E-state index in [1.807, 2.05) is 24.3 Å². The highest BCUT2D eigenvalue weighted by Gasteiger charge is 2.21. The van der Waals surface area contributed by atoms with Gasteiger partial charge in [0, 0.05) is 4.47 Å². The second-order valence-electron chi connectivity index (χ2n) is 3.07. The summed E-state index contributed by atoms with van der Waals surface area (Å²) < 4.78 is 0.910.